The summed E-state index contributed by atoms with van der Waals surface area (Å²) in [6.45, 7) is 4.28. The van der Waals surface area contributed by atoms with Gasteiger partial charge >= 0.3 is 0 Å². The first-order chi connectivity index (χ1) is 9.63. The van der Waals surface area contributed by atoms with Gasteiger partial charge in [-0.1, -0.05) is 47.1 Å². The van der Waals surface area contributed by atoms with Gasteiger partial charge in [-0.3, -0.25) is 0 Å². The van der Waals surface area contributed by atoms with Crippen LogP contribution in [0.5, 0.6) is 0 Å². The average molecular weight is 331 g/mol. The van der Waals surface area contributed by atoms with Crippen LogP contribution < -0.4 is 10.6 Å². The molecule has 2 nitrogen and oxygen atoms in total. The Morgan fingerprint density at radius 1 is 1.25 bits per heavy atom. The van der Waals surface area contributed by atoms with Gasteiger partial charge in [0.25, 0.3) is 0 Å². The Kier molecular flexibility index (Phi) is 3.70. The maximum absolute atomic E-state index is 6.14. The largest absolute Gasteiger partial charge is 0.398 e. The number of anilines is 2. The van der Waals surface area contributed by atoms with Gasteiger partial charge in [0.15, 0.2) is 0 Å². The maximum atomic E-state index is 6.14. The molecule has 2 N–H and O–H groups in total. The highest BCUT2D eigenvalue weighted by atomic mass is 79.9. The number of halogens is 1. The van der Waals surface area contributed by atoms with Gasteiger partial charge in [-0.2, -0.15) is 0 Å². The predicted octanol–water partition coefficient (Wildman–Crippen LogP) is 4.23. The molecule has 1 atom stereocenters. The summed E-state index contributed by atoms with van der Waals surface area (Å²) in [7, 11) is 0. The third-order valence-electron chi connectivity index (χ3n) is 3.90. The van der Waals surface area contributed by atoms with Crippen LogP contribution in [0.25, 0.3) is 0 Å². The maximum Gasteiger partial charge on any atom is 0.0450 e. The van der Waals surface area contributed by atoms with Gasteiger partial charge in [0, 0.05) is 28.9 Å². The number of hydrogen-bond acceptors (Lipinski definition) is 2. The molecule has 0 aromatic heterocycles. The molecule has 0 radical (unpaired) electrons. The van der Waals surface area contributed by atoms with Gasteiger partial charge < -0.3 is 10.6 Å². The molecule has 20 heavy (non-hydrogen) atoms. The van der Waals surface area contributed by atoms with E-state index in [2.05, 4.69) is 64.2 Å². The van der Waals surface area contributed by atoms with Crippen LogP contribution in [0.2, 0.25) is 0 Å². The lowest BCUT2D eigenvalue weighted by Gasteiger charge is -2.35. The number of hydrogen-bond donors (Lipinski definition) is 1. The van der Waals surface area contributed by atoms with Crippen molar-refractivity contribution in [3.05, 3.63) is 58.1 Å². The first-order valence-corrected chi connectivity index (χ1v) is 7.79. The Hall–Kier alpha value is -1.48. The molecule has 0 aliphatic carbocycles. The van der Waals surface area contributed by atoms with Crippen LogP contribution in [-0.2, 0) is 13.0 Å². The molecular formula is C17H19BrN2. The molecule has 1 heterocycles. The third-order valence-corrected chi connectivity index (χ3v) is 4.40. The van der Waals surface area contributed by atoms with E-state index in [9.17, 15) is 0 Å². The summed E-state index contributed by atoms with van der Waals surface area (Å²) in [6, 6.07) is 14.9. The zero-order valence-electron chi connectivity index (χ0n) is 11.6. The minimum atomic E-state index is 0.682. The van der Waals surface area contributed by atoms with E-state index in [0.717, 1.165) is 23.2 Å². The standard InChI is InChI=1S/C17H19BrN2/c1-12-8-13-4-2-3-5-17(13)20(10-12)11-14-6-7-15(18)9-16(14)19/h2-7,9,12H,8,10-11,19H2,1H3. The Labute approximate surface area is 128 Å². The van der Waals surface area contributed by atoms with Gasteiger partial charge in [0.2, 0.25) is 0 Å². The van der Waals surface area contributed by atoms with Crippen LogP contribution in [0.1, 0.15) is 18.1 Å². The lowest BCUT2D eigenvalue weighted by Crippen LogP contribution is -2.33. The van der Waals surface area contributed by atoms with Crippen molar-refractivity contribution in [3.8, 4) is 0 Å². The molecule has 1 aliphatic heterocycles. The van der Waals surface area contributed by atoms with Crippen molar-refractivity contribution in [2.24, 2.45) is 5.92 Å². The molecule has 0 saturated carbocycles. The van der Waals surface area contributed by atoms with Crippen molar-refractivity contribution >= 4 is 27.3 Å². The van der Waals surface area contributed by atoms with E-state index in [4.69, 9.17) is 5.73 Å². The molecule has 2 aromatic carbocycles. The topological polar surface area (TPSA) is 29.3 Å². The average Bonchev–Trinajstić information content (AvgIpc) is 2.41. The summed E-state index contributed by atoms with van der Waals surface area (Å²) in [6.07, 6.45) is 1.17. The van der Waals surface area contributed by atoms with Crippen LogP contribution in [0, 0.1) is 5.92 Å². The first-order valence-electron chi connectivity index (χ1n) is 7.00. The van der Waals surface area contributed by atoms with Crippen LogP contribution in [0.4, 0.5) is 11.4 Å². The van der Waals surface area contributed by atoms with Crippen LogP contribution in [-0.4, -0.2) is 6.54 Å². The summed E-state index contributed by atoms with van der Waals surface area (Å²) in [4.78, 5) is 2.45. The summed E-state index contributed by atoms with van der Waals surface area (Å²) >= 11 is 3.46. The lowest BCUT2D eigenvalue weighted by molar-refractivity contribution is 0.530. The number of nitrogens with zero attached hydrogens (tertiary/aromatic N) is 1. The molecule has 0 saturated heterocycles. The number of para-hydroxylation sites is 1. The minimum absolute atomic E-state index is 0.682. The van der Waals surface area contributed by atoms with Crippen molar-refractivity contribution in [2.45, 2.75) is 19.9 Å². The third kappa shape index (κ3) is 2.68. The van der Waals surface area contributed by atoms with Crippen molar-refractivity contribution in [2.75, 3.05) is 17.2 Å². The van der Waals surface area contributed by atoms with Gasteiger partial charge in [0.1, 0.15) is 0 Å². The molecule has 3 heteroatoms. The van der Waals surface area contributed by atoms with E-state index in [1.54, 1.807) is 0 Å². The number of nitrogen functional groups attached to an aromatic ring is 1. The summed E-state index contributed by atoms with van der Waals surface area (Å²) in [5.74, 6) is 0.682. The van der Waals surface area contributed by atoms with Gasteiger partial charge in [-0.25, -0.2) is 0 Å². The molecule has 0 fully saturated rings. The second kappa shape index (κ2) is 5.49. The number of fused-ring (bicyclic) bond motifs is 1. The zero-order chi connectivity index (χ0) is 14.1. The Morgan fingerprint density at radius 2 is 2.05 bits per heavy atom. The molecule has 0 amide bonds. The Balaban J connectivity index is 1.91. The van der Waals surface area contributed by atoms with Crippen molar-refractivity contribution in [1.82, 2.24) is 0 Å². The van der Waals surface area contributed by atoms with E-state index < -0.39 is 0 Å². The number of benzene rings is 2. The Morgan fingerprint density at radius 3 is 2.85 bits per heavy atom. The Bertz CT molecular complexity index is 624. The minimum Gasteiger partial charge on any atom is -0.398 e. The molecule has 3 rings (SSSR count). The van der Waals surface area contributed by atoms with E-state index >= 15 is 0 Å². The van der Waals surface area contributed by atoms with Crippen molar-refractivity contribution in [3.63, 3.8) is 0 Å². The smallest absolute Gasteiger partial charge is 0.0450 e. The van der Waals surface area contributed by atoms with Crippen molar-refractivity contribution in [1.29, 1.82) is 0 Å². The van der Waals surface area contributed by atoms with E-state index in [-0.39, 0.29) is 0 Å². The molecule has 0 spiro atoms. The SMILES string of the molecule is CC1Cc2ccccc2N(Cc2ccc(Br)cc2N)C1. The van der Waals surface area contributed by atoms with Crippen molar-refractivity contribution < 1.29 is 0 Å². The fourth-order valence-electron chi connectivity index (χ4n) is 2.97. The zero-order valence-corrected chi connectivity index (χ0v) is 13.2. The quantitative estimate of drug-likeness (QED) is 0.835. The molecule has 2 aromatic rings. The van der Waals surface area contributed by atoms with E-state index in [1.807, 2.05) is 6.07 Å². The lowest BCUT2D eigenvalue weighted by atomic mass is 9.93. The fraction of sp³-hybridized carbons (Fsp3) is 0.294. The summed E-state index contributed by atoms with van der Waals surface area (Å²) in [5, 5.41) is 0. The van der Waals surface area contributed by atoms with Gasteiger partial charge in [-0.15, -0.1) is 0 Å². The molecular weight excluding hydrogens is 312 g/mol. The van der Waals surface area contributed by atoms with E-state index in [1.165, 1.54) is 23.2 Å². The number of nitrogens with two attached hydrogens (primary N) is 1. The second-order valence-corrected chi connectivity index (χ2v) is 6.58. The fourth-order valence-corrected chi connectivity index (χ4v) is 3.35. The normalized spacial score (nSPS) is 17.9. The molecule has 1 aliphatic rings. The number of rotatable bonds is 2. The van der Waals surface area contributed by atoms with Crippen LogP contribution >= 0.6 is 15.9 Å². The first kappa shape index (κ1) is 13.5. The molecule has 104 valence electrons. The summed E-state index contributed by atoms with van der Waals surface area (Å²) in [5.41, 5.74) is 11.0. The highest BCUT2D eigenvalue weighted by Gasteiger charge is 2.21. The summed E-state index contributed by atoms with van der Waals surface area (Å²) < 4.78 is 1.03. The molecule has 0 bridgehead atoms. The van der Waals surface area contributed by atoms with Crippen LogP contribution in [0.15, 0.2) is 46.9 Å². The van der Waals surface area contributed by atoms with Gasteiger partial charge in [0.05, 0.1) is 0 Å². The highest BCUT2D eigenvalue weighted by Crippen LogP contribution is 2.31. The highest BCUT2D eigenvalue weighted by molar-refractivity contribution is 9.10. The monoisotopic (exact) mass is 330 g/mol. The van der Waals surface area contributed by atoms with Crippen LogP contribution in [0.3, 0.4) is 0 Å². The van der Waals surface area contributed by atoms with Gasteiger partial charge in [-0.05, 0) is 41.7 Å². The molecule has 1 unspecified atom stereocenters. The second-order valence-electron chi connectivity index (χ2n) is 5.66. The van der Waals surface area contributed by atoms with E-state index in [0.29, 0.717) is 5.92 Å². The predicted molar refractivity (Wildman–Crippen MR) is 88.9 cm³/mol.